The first-order valence-corrected chi connectivity index (χ1v) is 6.53. The van der Waals surface area contributed by atoms with Crippen molar-refractivity contribution >= 4 is 17.5 Å². The molecule has 0 fully saturated rings. The summed E-state index contributed by atoms with van der Waals surface area (Å²) in [4.78, 5) is 17.7. The van der Waals surface area contributed by atoms with Gasteiger partial charge in [-0.1, -0.05) is 23.7 Å². The standard InChI is InChI=1S/C15H15ClN2O2/c1-10(11-3-5-13(16)6-4-11)18(2)15(20)12-7-14(19)9-17-8-12/h3-10,19H,1-2H3. The van der Waals surface area contributed by atoms with E-state index in [1.165, 1.54) is 18.5 Å². The summed E-state index contributed by atoms with van der Waals surface area (Å²) in [5.41, 5.74) is 1.34. The second kappa shape index (κ2) is 5.92. The summed E-state index contributed by atoms with van der Waals surface area (Å²) in [5, 5.41) is 10.0. The number of pyridine rings is 1. The van der Waals surface area contributed by atoms with Gasteiger partial charge in [0.2, 0.25) is 0 Å². The van der Waals surface area contributed by atoms with E-state index >= 15 is 0 Å². The molecule has 0 saturated carbocycles. The molecule has 4 nitrogen and oxygen atoms in total. The minimum atomic E-state index is -0.198. The normalized spacial score (nSPS) is 11.9. The zero-order valence-electron chi connectivity index (χ0n) is 11.2. The van der Waals surface area contributed by atoms with Crippen LogP contribution in [0.1, 0.15) is 28.9 Å². The molecule has 1 heterocycles. The number of aromatic nitrogens is 1. The molecule has 0 bridgehead atoms. The van der Waals surface area contributed by atoms with Gasteiger partial charge in [-0.15, -0.1) is 0 Å². The van der Waals surface area contributed by atoms with Gasteiger partial charge in [-0.3, -0.25) is 9.78 Å². The Bertz CT molecular complexity index is 614. The lowest BCUT2D eigenvalue weighted by molar-refractivity contribution is 0.0742. The molecule has 5 heteroatoms. The van der Waals surface area contributed by atoms with Crippen molar-refractivity contribution < 1.29 is 9.90 Å². The highest BCUT2D eigenvalue weighted by atomic mass is 35.5. The maximum absolute atomic E-state index is 12.3. The van der Waals surface area contributed by atoms with Gasteiger partial charge in [-0.25, -0.2) is 0 Å². The number of hydrogen-bond donors (Lipinski definition) is 1. The van der Waals surface area contributed by atoms with Gasteiger partial charge in [-0.05, 0) is 30.7 Å². The van der Waals surface area contributed by atoms with Gasteiger partial charge in [-0.2, -0.15) is 0 Å². The molecule has 1 N–H and O–H groups in total. The summed E-state index contributed by atoms with van der Waals surface area (Å²) in [5.74, 6) is -0.223. The van der Waals surface area contributed by atoms with E-state index in [0.29, 0.717) is 10.6 Å². The fourth-order valence-corrected chi connectivity index (χ4v) is 2.02. The molecule has 0 saturated heterocycles. The van der Waals surface area contributed by atoms with Gasteiger partial charge in [0, 0.05) is 18.3 Å². The van der Waals surface area contributed by atoms with E-state index in [9.17, 15) is 9.90 Å². The summed E-state index contributed by atoms with van der Waals surface area (Å²) in [7, 11) is 1.71. The largest absolute Gasteiger partial charge is 0.506 e. The van der Waals surface area contributed by atoms with Crippen LogP contribution < -0.4 is 0 Å². The fourth-order valence-electron chi connectivity index (χ4n) is 1.89. The van der Waals surface area contributed by atoms with E-state index in [-0.39, 0.29) is 17.7 Å². The average Bonchev–Trinajstić information content (AvgIpc) is 2.46. The van der Waals surface area contributed by atoms with Gasteiger partial charge in [0.1, 0.15) is 5.75 Å². The molecule has 1 aromatic carbocycles. The Hall–Kier alpha value is -2.07. The van der Waals surface area contributed by atoms with Crippen LogP contribution >= 0.6 is 11.6 Å². The maximum atomic E-state index is 12.3. The van der Waals surface area contributed by atoms with Crippen LogP contribution in [0.5, 0.6) is 5.75 Å². The van der Waals surface area contributed by atoms with Crippen molar-refractivity contribution in [2.24, 2.45) is 0 Å². The molecule has 1 atom stereocenters. The molecule has 2 rings (SSSR count). The highest BCUT2D eigenvalue weighted by Gasteiger charge is 2.19. The molecular formula is C15H15ClN2O2. The number of halogens is 1. The Morgan fingerprint density at radius 2 is 1.95 bits per heavy atom. The number of nitrogens with zero attached hydrogens (tertiary/aromatic N) is 2. The number of carbonyl (C=O) groups is 1. The summed E-state index contributed by atoms with van der Waals surface area (Å²) >= 11 is 5.86. The van der Waals surface area contributed by atoms with Crippen molar-refractivity contribution in [2.45, 2.75) is 13.0 Å². The highest BCUT2D eigenvalue weighted by Crippen LogP contribution is 2.22. The topological polar surface area (TPSA) is 53.4 Å². The van der Waals surface area contributed by atoms with Gasteiger partial charge >= 0.3 is 0 Å². The van der Waals surface area contributed by atoms with Crippen LogP contribution in [0.25, 0.3) is 0 Å². The molecule has 104 valence electrons. The van der Waals surface area contributed by atoms with E-state index in [1.54, 1.807) is 24.1 Å². The third-order valence-corrected chi connectivity index (χ3v) is 3.48. The van der Waals surface area contributed by atoms with E-state index in [1.807, 2.05) is 19.1 Å². The summed E-state index contributed by atoms with van der Waals surface area (Å²) in [6, 6.07) is 8.65. The van der Waals surface area contributed by atoms with Crippen LogP contribution in [0.4, 0.5) is 0 Å². The lowest BCUT2D eigenvalue weighted by Gasteiger charge is -2.25. The molecule has 0 spiro atoms. The van der Waals surface area contributed by atoms with Gasteiger partial charge < -0.3 is 10.0 Å². The Morgan fingerprint density at radius 1 is 1.30 bits per heavy atom. The average molecular weight is 291 g/mol. The van der Waals surface area contributed by atoms with Crippen molar-refractivity contribution in [1.82, 2.24) is 9.88 Å². The van der Waals surface area contributed by atoms with E-state index in [0.717, 1.165) is 5.56 Å². The zero-order valence-corrected chi connectivity index (χ0v) is 12.0. The predicted octanol–water partition coefficient (Wildman–Crippen LogP) is 3.27. The van der Waals surface area contributed by atoms with Crippen LogP contribution in [0.2, 0.25) is 5.02 Å². The Kier molecular flexibility index (Phi) is 4.25. The molecule has 1 amide bonds. The van der Waals surface area contributed by atoms with Crippen molar-refractivity contribution in [1.29, 1.82) is 0 Å². The molecule has 0 aliphatic heterocycles. The Morgan fingerprint density at radius 3 is 2.55 bits per heavy atom. The van der Waals surface area contributed by atoms with Gasteiger partial charge in [0.05, 0.1) is 17.8 Å². The van der Waals surface area contributed by atoms with Crippen molar-refractivity contribution in [3.05, 3.63) is 58.9 Å². The highest BCUT2D eigenvalue weighted by molar-refractivity contribution is 6.30. The number of aromatic hydroxyl groups is 1. The van der Waals surface area contributed by atoms with Crippen LogP contribution in [-0.4, -0.2) is 27.9 Å². The summed E-state index contributed by atoms with van der Waals surface area (Å²) in [6.45, 7) is 1.93. The second-order valence-electron chi connectivity index (χ2n) is 4.58. The molecule has 1 unspecified atom stereocenters. The van der Waals surface area contributed by atoms with Crippen LogP contribution in [0.3, 0.4) is 0 Å². The summed E-state index contributed by atoms with van der Waals surface area (Å²) < 4.78 is 0. The van der Waals surface area contributed by atoms with Crippen LogP contribution in [0.15, 0.2) is 42.7 Å². The molecule has 2 aromatic rings. The van der Waals surface area contributed by atoms with Crippen molar-refractivity contribution in [2.75, 3.05) is 7.05 Å². The number of benzene rings is 1. The molecule has 20 heavy (non-hydrogen) atoms. The number of amides is 1. The predicted molar refractivity (Wildman–Crippen MR) is 77.9 cm³/mol. The number of carbonyl (C=O) groups excluding carboxylic acids is 1. The second-order valence-corrected chi connectivity index (χ2v) is 5.01. The first-order valence-electron chi connectivity index (χ1n) is 6.15. The lowest BCUT2D eigenvalue weighted by Crippen LogP contribution is -2.29. The van der Waals surface area contributed by atoms with Gasteiger partial charge in [0.25, 0.3) is 5.91 Å². The van der Waals surface area contributed by atoms with E-state index < -0.39 is 0 Å². The fraction of sp³-hybridized carbons (Fsp3) is 0.200. The quantitative estimate of drug-likeness (QED) is 0.944. The van der Waals surface area contributed by atoms with E-state index in [4.69, 9.17) is 11.6 Å². The summed E-state index contributed by atoms with van der Waals surface area (Å²) in [6.07, 6.45) is 2.73. The molecule has 1 aromatic heterocycles. The Balaban J connectivity index is 2.20. The number of hydrogen-bond acceptors (Lipinski definition) is 3. The molecular weight excluding hydrogens is 276 g/mol. The van der Waals surface area contributed by atoms with Crippen molar-refractivity contribution in [3.8, 4) is 5.75 Å². The van der Waals surface area contributed by atoms with Crippen LogP contribution in [0, 0.1) is 0 Å². The minimum absolute atomic E-state index is 0.0246. The van der Waals surface area contributed by atoms with E-state index in [2.05, 4.69) is 4.98 Å². The number of rotatable bonds is 3. The first-order chi connectivity index (χ1) is 9.49. The maximum Gasteiger partial charge on any atom is 0.255 e. The van der Waals surface area contributed by atoms with Crippen molar-refractivity contribution in [3.63, 3.8) is 0 Å². The molecule has 0 aliphatic rings. The Labute approximate surface area is 122 Å². The lowest BCUT2D eigenvalue weighted by atomic mass is 10.1. The molecule has 0 radical (unpaired) electrons. The minimum Gasteiger partial charge on any atom is -0.506 e. The van der Waals surface area contributed by atoms with Gasteiger partial charge in [0.15, 0.2) is 0 Å². The van der Waals surface area contributed by atoms with Crippen LogP contribution in [-0.2, 0) is 0 Å². The third kappa shape index (κ3) is 3.08. The SMILES string of the molecule is CC(c1ccc(Cl)cc1)N(C)C(=O)c1cncc(O)c1. The molecule has 0 aliphatic carbocycles. The zero-order chi connectivity index (χ0) is 14.7. The monoisotopic (exact) mass is 290 g/mol. The smallest absolute Gasteiger partial charge is 0.255 e. The third-order valence-electron chi connectivity index (χ3n) is 3.22. The first kappa shape index (κ1) is 14.3.